The smallest absolute Gasteiger partial charge is 0.336 e. The molecular formula is C12H10FNO3. The van der Waals surface area contributed by atoms with E-state index in [0.717, 1.165) is 12.5 Å². The molecule has 88 valence electrons. The van der Waals surface area contributed by atoms with Crippen molar-refractivity contribution in [2.45, 2.75) is 24.8 Å². The van der Waals surface area contributed by atoms with Crippen LogP contribution < -0.4 is 0 Å². The number of aliphatic imine (C=N–C) groups is 1. The largest absolute Gasteiger partial charge is 0.478 e. The third kappa shape index (κ3) is 1.85. The Labute approximate surface area is 96.8 Å². The van der Waals surface area contributed by atoms with Gasteiger partial charge in [-0.15, -0.1) is 0 Å². The van der Waals surface area contributed by atoms with E-state index in [0.29, 0.717) is 18.4 Å². The molecule has 1 fully saturated rings. The summed E-state index contributed by atoms with van der Waals surface area (Å²) in [6, 6.07) is 3.53. The van der Waals surface area contributed by atoms with E-state index in [-0.39, 0.29) is 5.56 Å². The average Bonchev–Trinajstić information content (AvgIpc) is 2.24. The van der Waals surface area contributed by atoms with E-state index in [1.807, 2.05) is 0 Å². The summed E-state index contributed by atoms with van der Waals surface area (Å²) in [5.74, 6) is -1.83. The first kappa shape index (κ1) is 11.5. The summed E-state index contributed by atoms with van der Waals surface area (Å²) in [4.78, 5) is 25.2. The molecule has 17 heavy (non-hydrogen) atoms. The second-order valence-electron chi connectivity index (χ2n) is 4.08. The average molecular weight is 235 g/mol. The lowest BCUT2D eigenvalue weighted by Crippen LogP contribution is -2.33. The molecule has 0 spiro atoms. The van der Waals surface area contributed by atoms with E-state index in [4.69, 9.17) is 5.11 Å². The highest BCUT2D eigenvalue weighted by molar-refractivity contribution is 5.90. The van der Waals surface area contributed by atoms with E-state index in [1.54, 1.807) is 0 Å². The van der Waals surface area contributed by atoms with Gasteiger partial charge in [-0.1, -0.05) is 6.07 Å². The molecule has 1 aromatic rings. The molecule has 0 atom stereocenters. The van der Waals surface area contributed by atoms with Crippen LogP contribution in [0.1, 0.15) is 35.2 Å². The van der Waals surface area contributed by atoms with Gasteiger partial charge in [0.05, 0.1) is 11.1 Å². The lowest BCUT2D eigenvalue weighted by Gasteiger charge is -2.37. The zero-order valence-corrected chi connectivity index (χ0v) is 8.94. The number of carbonyl (C=O) groups excluding carboxylic acids is 1. The maximum absolute atomic E-state index is 13.0. The number of carboxylic acids is 1. The van der Waals surface area contributed by atoms with Crippen molar-refractivity contribution in [2.75, 3.05) is 0 Å². The number of aromatic carboxylic acids is 1. The summed E-state index contributed by atoms with van der Waals surface area (Å²) in [6.45, 7) is 0. The van der Waals surface area contributed by atoms with E-state index in [9.17, 15) is 14.0 Å². The van der Waals surface area contributed by atoms with Crippen LogP contribution in [0, 0.1) is 5.82 Å². The Bertz CT molecular complexity index is 516. The molecule has 1 aliphatic carbocycles. The monoisotopic (exact) mass is 235 g/mol. The first-order valence-electron chi connectivity index (χ1n) is 5.21. The van der Waals surface area contributed by atoms with Crippen LogP contribution in [0.25, 0.3) is 0 Å². The van der Waals surface area contributed by atoms with Crippen LogP contribution in [0.15, 0.2) is 23.2 Å². The normalized spacial score (nSPS) is 16.8. The second-order valence-corrected chi connectivity index (χ2v) is 4.08. The third-order valence-corrected chi connectivity index (χ3v) is 3.15. The van der Waals surface area contributed by atoms with Crippen molar-refractivity contribution in [2.24, 2.45) is 4.99 Å². The zero-order valence-electron chi connectivity index (χ0n) is 8.94. The van der Waals surface area contributed by atoms with Gasteiger partial charge in [0.1, 0.15) is 5.82 Å². The van der Waals surface area contributed by atoms with Gasteiger partial charge in [0.15, 0.2) is 0 Å². The standard InChI is InChI=1S/C12H10FNO3/c13-8-2-3-10(9(6-8)11(16)17)12(14-7-15)4-1-5-12/h2-3,6H,1,4-5H2,(H,16,17). The fourth-order valence-electron chi connectivity index (χ4n) is 2.14. The predicted molar refractivity (Wildman–Crippen MR) is 57.0 cm³/mol. The quantitative estimate of drug-likeness (QED) is 0.645. The van der Waals surface area contributed by atoms with Gasteiger partial charge in [-0.2, -0.15) is 4.99 Å². The number of isocyanates is 1. The minimum atomic E-state index is -1.22. The Morgan fingerprint density at radius 1 is 1.47 bits per heavy atom. The minimum Gasteiger partial charge on any atom is -0.478 e. The molecule has 1 aliphatic rings. The molecule has 2 rings (SSSR count). The maximum atomic E-state index is 13.0. The molecule has 1 aromatic carbocycles. The SMILES string of the molecule is O=C=NC1(c2ccc(F)cc2C(=O)O)CCC1. The number of rotatable bonds is 3. The predicted octanol–water partition coefficient (Wildman–Crippen LogP) is 2.24. The van der Waals surface area contributed by atoms with Gasteiger partial charge in [-0.25, -0.2) is 14.0 Å². The zero-order chi connectivity index (χ0) is 12.5. The highest BCUT2D eigenvalue weighted by atomic mass is 19.1. The molecule has 0 aliphatic heterocycles. The molecule has 0 unspecified atom stereocenters. The van der Waals surface area contributed by atoms with Crippen LogP contribution in [-0.2, 0) is 10.3 Å². The van der Waals surface area contributed by atoms with Gasteiger partial charge >= 0.3 is 5.97 Å². The van der Waals surface area contributed by atoms with E-state index < -0.39 is 17.3 Å². The fourth-order valence-corrected chi connectivity index (χ4v) is 2.14. The summed E-state index contributed by atoms with van der Waals surface area (Å²) in [7, 11) is 0. The first-order chi connectivity index (χ1) is 8.09. The van der Waals surface area contributed by atoms with Crippen LogP contribution in [0.5, 0.6) is 0 Å². The van der Waals surface area contributed by atoms with E-state index in [2.05, 4.69) is 4.99 Å². The Morgan fingerprint density at radius 3 is 2.65 bits per heavy atom. The lowest BCUT2D eigenvalue weighted by atomic mass is 9.71. The summed E-state index contributed by atoms with van der Waals surface area (Å²) in [5, 5.41) is 9.03. The Kier molecular flexibility index (Phi) is 2.77. The van der Waals surface area contributed by atoms with Crippen molar-refractivity contribution in [3.63, 3.8) is 0 Å². The van der Waals surface area contributed by atoms with Crippen molar-refractivity contribution >= 4 is 12.0 Å². The van der Waals surface area contributed by atoms with Crippen molar-refractivity contribution in [1.29, 1.82) is 0 Å². The van der Waals surface area contributed by atoms with Gasteiger partial charge in [0.2, 0.25) is 6.08 Å². The molecule has 0 heterocycles. The van der Waals surface area contributed by atoms with Crippen LogP contribution in [0.4, 0.5) is 4.39 Å². The topological polar surface area (TPSA) is 66.7 Å². The van der Waals surface area contributed by atoms with Crippen LogP contribution in [0.3, 0.4) is 0 Å². The number of carbonyl (C=O) groups is 1. The lowest BCUT2D eigenvalue weighted by molar-refractivity contribution is 0.0690. The van der Waals surface area contributed by atoms with Gasteiger partial charge in [0.25, 0.3) is 0 Å². The van der Waals surface area contributed by atoms with Gasteiger partial charge < -0.3 is 5.11 Å². The number of carboxylic acid groups (broad SMARTS) is 1. The highest BCUT2D eigenvalue weighted by Gasteiger charge is 2.41. The molecule has 1 saturated carbocycles. The van der Waals surface area contributed by atoms with Crippen LogP contribution >= 0.6 is 0 Å². The third-order valence-electron chi connectivity index (χ3n) is 3.15. The summed E-state index contributed by atoms with van der Waals surface area (Å²) in [5.41, 5.74) is -0.562. The molecule has 0 amide bonds. The molecule has 4 nitrogen and oxygen atoms in total. The van der Waals surface area contributed by atoms with Crippen molar-refractivity contribution in [3.05, 3.63) is 35.1 Å². The molecule has 0 aromatic heterocycles. The minimum absolute atomic E-state index is 0.135. The van der Waals surface area contributed by atoms with Crippen LogP contribution in [0.2, 0.25) is 0 Å². The number of halogens is 1. The number of hydrogen-bond acceptors (Lipinski definition) is 3. The molecule has 5 heteroatoms. The molecular weight excluding hydrogens is 225 g/mol. The van der Waals surface area contributed by atoms with E-state index in [1.165, 1.54) is 18.2 Å². The number of benzene rings is 1. The summed E-state index contributed by atoms with van der Waals surface area (Å²) >= 11 is 0. The Hall–Kier alpha value is -2.00. The van der Waals surface area contributed by atoms with Crippen molar-refractivity contribution < 1.29 is 19.1 Å². The number of hydrogen-bond donors (Lipinski definition) is 1. The molecule has 0 radical (unpaired) electrons. The van der Waals surface area contributed by atoms with E-state index >= 15 is 0 Å². The van der Waals surface area contributed by atoms with Crippen molar-refractivity contribution in [1.82, 2.24) is 0 Å². The fraction of sp³-hybridized carbons (Fsp3) is 0.333. The maximum Gasteiger partial charge on any atom is 0.336 e. The summed E-state index contributed by atoms with van der Waals surface area (Å²) < 4.78 is 13.0. The number of nitrogens with zero attached hydrogens (tertiary/aromatic N) is 1. The van der Waals surface area contributed by atoms with Gasteiger partial charge in [-0.3, -0.25) is 0 Å². The Morgan fingerprint density at radius 2 is 2.18 bits per heavy atom. The highest BCUT2D eigenvalue weighted by Crippen LogP contribution is 2.46. The van der Waals surface area contributed by atoms with Crippen LogP contribution in [-0.4, -0.2) is 17.2 Å². The van der Waals surface area contributed by atoms with Crippen molar-refractivity contribution in [3.8, 4) is 0 Å². The first-order valence-corrected chi connectivity index (χ1v) is 5.21. The molecule has 1 N–H and O–H groups in total. The molecule has 0 saturated heterocycles. The second kappa shape index (κ2) is 4.11. The summed E-state index contributed by atoms with van der Waals surface area (Å²) in [6.07, 6.45) is 3.52. The molecule has 0 bridgehead atoms. The van der Waals surface area contributed by atoms with Gasteiger partial charge in [0, 0.05) is 0 Å². The Balaban J connectivity index is 2.58. The van der Waals surface area contributed by atoms with Gasteiger partial charge in [-0.05, 0) is 37.0 Å².